The van der Waals surface area contributed by atoms with Crippen LogP contribution in [-0.4, -0.2) is 46.5 Å². The van der Waals surface area contributed by atoms with Crippen LogP contribution in [0.5, 0.6) is 0 Å². The topological polar surface area (TPSA) is 83.9 Å². The Morgan fingerprint density at radius 1 is 1.00 bits per heavy atom. The number of nitrogens with zero attached hydrogens (tertiary/aromatic N) is 1. The van der Waals surface area contributed by atoms with Gasteiger partial charge in [-0.1, -0.05) is 73.5 Å². The summed E-state index contributed by atoms with van der Waals surface area (Å²) in [5.74, 6) is -1.39. The third kappa shape index (κ3) is 5.62. The van der Waals surface area contributed by atoms with Crippen LogP contribution in [-0.2, 0) is 27.2 Å². The van der Waals surface area contributed by atoms with Crippen molar-refractivity contribution in [2.45, 2.75) is 50.7 Å². The molecule has 2 aliphatic rings. The first-order chi connectivity index (χ1) is 15.5. The van der Waals surface area contributed by atoms with Crippen molar-refractivity contribution >= 4 is 17.8 Å². The van der Waals surface area contributed by atoms with Gasteiger partial charge in [-0.05, 0) is 36.3 Å². The molecule has 1 heterocycles. The number of Topliss-reactive ketones (excluding diaryl/α,β-unsaturated/α-hetero) is 1. The molecule has 0 spiro atoms. The van der Waals surface area contributed by atoms with Gasteiger partial charge < -0.3 is 9.84 Å². The van der Waals surface area contributed by atoms with Gasteiger partial charge in [-0.3, -0.25) is 9.59 Å². The van der Waals surface area contributed by atoms with Crippen LogP contribution in [0, 0.1) is 11.8 Å². The van der Waals surface area contributed by atoms with Gasteiger partial charge in [0.1, 0.15) is 12.4 Å². The van der Waals surface area contributed by atoms with E-state index in [1.807, 2.05) is 60.7 Å². The predicted molar refractivity (Wildman–Crippen MR) is 119 cm³/mol. The van der Waals surface area contributed by atoms with Crippen LogP contribution < -0.4 is 0 Å². The molecule has 2 amide bonds. The zero-order valence-corrected chi connectivity index (χ0v) is 18.1. The van der Waals surface area contributed by atoms with Gasteiger partial charge in [0.2, 0.25) is 5.91 Å². The molecule has 2 aromatic carbocycles. The summed E-state index contributed by atoms with van der Waals surface area (Å²) in [6.07, 6.45) is 1.57. The van der Waals surface area contributed by atoms with Crippen molar-refractivity contribution in [3.05, 3.63) is 71.8 Å². The highest BCUT2D eigenvalue weighted by Crippen LogP contribution is 2.37. The van der Waals surface area contributed by atoms with Crippen molar-refractivity contribution in [2.75, 3.05) is 6.61 Å². The second kappa shape index (κ2) is 10.1. The molecule has 6 heteroatoms. The number of benzene rings is 2. The lowest BCUT2D eigenvalue weighted by atomic mass is 9.90. The van der Waals surface area contributed by atoms with E-state index in [0.29, 0.717) is 25.2 Å². The fraction of sp³-hybridized carbons (Fsp3) is 0.423. The lowest BCUT2D eigenvalue weighted by Crippen LogP contribution is -2.46. The predicted octanol–water partition coefficient (Wildman–Crippen LogP) is 3.56. The lowest BCUT2D eigenvalue weighted by molar-refractivity contribution is -0.141. The molecule has 0 aromatic heterocycles. The molecule has 1 aliphatic carbocycles. The molecule has 4 rings (SSSR count). The summed E-state index contributed by atoms with van der Waals surface area (Å²) in [6, 6.07) is 18.6. The average molecular weight is 436 g/mol. The van der Waals surface area contributed by atoms with Gasteiger partial charge in [0.25, 0.3) is 0 Å². The highest BCUT2D eigenvalue weighted by molar-refractivity contribution is 6.06. The van der Waals surface area contributed by atoms with Gasteiger partial charge >= 0.3 is 6.09 Å². The van der Waals surface area contributed by atoms with Crippen LogP contribution in [0.1, 0.15) is 36.8 Å². The maximum absolute atomic E-state index is 13.4. The minimum Gasteiger partial charge on any atom is -0.447 e. The third-order valence-electron chi connectivity index (χ3n) is 6.22. The van der Waals surface area contributed by atoms with Gasteiger partial charge in [0.05, 0.1) is 18.1 Å². The average Bonchev–Trinajstić information content (AvgIpc) is 3.54. The molecular formula is C26H29NO5. The van der Waals surface area contributed by atoms with Gasteiger partial charge in [-0.2, -0.15) is 0 Å². The fourth-order valence-electron chi connectivity index (χ4n) is 4.32. The third-order valence-corrected chi connectivity index (χ3v) is 6.22. The number of aliphatic hydroxyl groups excluding tert-OH is 1. The molecule has 0 unspecified atom stereocenters. The molecule has 2 fully saturated rings. The monoisotopic (exact) mass is 435 g/mol. The lowest BCUT2D eigenvalue weighted by Gasteiger charge is -2.25. The highest BCUT2D eigenvalue weighted by Gasteiger charge is 2.44. The minimum atomic E-state index is -0.920. The van der Waals surface area contributed by atoms with Gasteiger partial charge in [0, 0.05) is 6.42 Å². The van der Waals surface area contributed by atoms with Crippen LogP contribution in [0.25, 0.3) is 0 Å². The van der Waals surface area contributed by atoms with Crippen molar-refractivity contribution in [1.29, 1.82) is 0 Å². The number of hydrogen-bond donors (Lipinski definition) is 1. The zero-order valence-electron chi connectivity index (χ0n) is 18.1. The first-order valence-electron chi connectivity index (χ1n) is 11.3. The Morgan fingerprint density at radius 3 is 2.25 bits per heavy atom. The number of hydrogen-bond acceptors (Lipinski definition) is 5. The molecule has 0 bridgehead atoms. The number of ether oxygens (including phenoxy) is 1. The minimum absolute atomic E-state index is 0.107. The van der Waals surface area contributed by atoms with E-state index in [2.05, 4.69) is 0 Å². The van der Waals surface area contributed by atoms with Crippen molar-refractivity contribution < 1.29 is 24.2 Å². The van der Waals surface area contributed by atoms with Gasteiger partial charge in [0.15, 0.2) is 0 Å². The Morgan fingerprint density at radius 2 is 1.62 bits per heavy atom. The zero-order chi connectivity index (χ0) is 22.5. The summed E-state index contributed by atoms with van der Waals surface area (Å²) in [6.45, 7) is 0.125. The fourth-order valence-corrected chi connectivity index (χ4v) is 4.32. The summed E-state index contributed by atoms with van der Waals surface area (Å²) >= 11 is 0. The van der Waals surface area contributed by atoms with E-state index in [1.165, 1.54) is 0 Å². The number of cyclic esters (lactones) is 1. The largest absolute Gasteiger partial charge is 0.447 e. The first-order valence-corrected chi connectivity index (χ1v) is 11.3. The Labute approximate surface area is 188 Å². The number of aliphatic hydroxyl groups is 1. The highest BCUT2D eigenvalue weighted by atomic mass is 16.6. The van der Waals surface area contributed by atoms with E-state index in [-0.39, 0.29) is 18.8 Å². The van der Waals surface area contributed by atoms with Crippen LogP contribution in [0.2, 0.25) is 0 Å². The molecule has 1 N–H and O–H groups in total. The molecule has 32 heavy (non-hydrogen) atoms. The molecule has 3 atom stereocenters. The van der Waals surface area contributed by atoms with E-state index in [0.717, 1.165) is 28.9 Å². The Balaban J connectivity index is 1.45. The quantitative estimate of drug-likeness (QED) is 0.577. The Bertz CT molecular complexity index is 941. The molecule has 1 saturated carbocycles. The van der Waals surface area contributed by atoms with Crippen molar-refractivity contribution in [1.82, 2.24) is 4.90 Å². The van der Waals surface area contributed by atoms with Crippen LogP contribution in [0.15, 0.2) is 60.7 Å². The number of amides is 2. The van der Waals surface area contributed by atoms with E-state index in [9.17, 15) is 19.5 Å². The van der Waals surface area contributed by atoms with E-state index < -0.39 is 30.1 Å². The number of ketones is 1. The van der Waals surface area contributed by atoms with Gasteiger partial charge in [-0.15, -0.1) is 0 Å². The maximum Gasteiger partial charge on any atom is 0.417 e. The number of carbonyl (C=O) groups is 3. The molecular weight excluding hydrogens is 406 g/mol. The van der Waals surface area contributed by atoms with Crippen molar-refractivity contribution in [3.63, 3.8) is 0 Å². The number of rotatable bonds is 10. The second-order valence-corrected chi connectivity index (χ2v) is 8.87. The maximum atomic E-state index is 13.4. The Hall–Kier alpha value is -2.99. The summed E-state index contributed by atoms with van der Waals surface area (Å²) in [5.41, 5.74) is 1.93. The van der Waals surface area contributed by atoms with Crippen molar-refractivity contribution in [2.24, 2.45) is 11.8 Å². The van der Waals surface area contributed by atoms with Crippen LogP contribution in [0.4, 0.5) is 4.79 Å². The molecule has 168 valence electrons. The molecule has 1 saturated heterocycles. The Kier molecular flexibility index (Phi) is 7.00. The summed E-state index contributed by atoms with van der Waals surface area (Å²) in [7, 11) is 0. The second-order valence-electron chi connectivity index (χ2n) is 8.87. The van der Waals surface area contributed by atoms with Gasteiger partial charge in [-0.25, -0.2) is 9.69 Å². The molecule has 0 radical (unpaired) electrons. The first kappa shape index (κ1) is 22.2. The molecule has 2 aromatic rings. The SMILES string of the molecule is O=C(C[C@@H](O)Cc1ccccc1)[C@@H](CC1CC1)C(=O)N1C(=O)OC[C@@H]1Cc1ccccc1. The molecule has 1 aliphatic heterocycles. The number of imide groups is 1. The van der Waals surface area contributed by atoms with Crippen molar-refractivity contribution in [3.8, 4) is 0 Å². The van der Waals surface area contributed by atoms with E-state index in [1.54, 1.807) is 0 Å². The molecule has 6 nitrogen and oxygen atoms in total. The summed E-state index contributed by atoms with van der Waals surface area (Å²) in [5, 5.41) is 10.5. The smallest absolute Gasteiger partial charge is 0.417 e. The van der Waals surface area contributed by atoms with E-state index in [4.69, 9.17) is 4.74 Å². The normalized spacial score (nSPS) is 20.0. The standard InChI is InChI=1S/C26H29NO5/c28-22(14-19-9-5-2-6-10-19)16-24(29)23(15-20-11-12-20)25(30)27-21(17-32-26(27)31)13-18-7-3-1-4-8-18/h1-10,20-23,28H,11-17H2/t21-,22-,23+/m0/s1. The van der Waals surface area contributed by atoms with Crippen LogP contribution >= 0.6 is 0 Å². The van der Waals surface area contributed by atoms with E-state index >= 15 is 0 Å². The summed E-state index contributed by atoms with van der Waals surface area (Å²) in [4.78, 5) is 40.1. The summed E-state index contributed by atoms with van der Waals surface area (Å²) < 4.78 is 5.19. The van der Waals surface area contributed by atoms with Crippen LogP contribution in [0.3, 0.4) is 0 Å². The number of carbonyl (C=O) groups excluding carboxylic acids is 3.